The van der Waals surface area contributed by atoms with Crippen LogP contribution in [0, 0.1) is 5.41 Å². The Bertz CT molecular complexity index is 584. The van der Waals surface area contributed by atoms with E-state index in [4.69, 9.17) is 4.42 Å². The van der Waals surface area contributed by atoms with E-state index in [9.17, 15) is 0 Å². The van der Waals surface area contributed by atoms with Gasteiger partial charge in [-0.25, -0.2) is 0 Å². The molecule has 0 unspecified atom stereocenters. The van der Waals surface area contributed by atoms with Gasteiger partial charge in [0.25, 0.3) is 0 Å². The topological polar surface area (TPSA) is 28.4 Å². The molecule has 1 heterocycles. The Morgan fingerprint density at radius 2 is 1.90 bits per heavy atom. The zero-order valence-corrected chi connectivity index (χ0v) is 14.0. The largest absolute Gasteiger partial charge is 0.461 e. The molecule has 3 heteroatoms. The van der Waals surface area contributed by atoms with E-state index in [-0.39, 0.29) is 5.41 Å². The number of nitrogens with zero attached hydrogens (tertiary/aromatic N) is 1. The highest BCUT2D eigenvalue weighted by Gasteiger charge is 2.19. The Morgan fingerprint density at radius 1 is 1.19 bits per heavy atom. The predicted molar refractivity (Wildman–Crippen MR) is 89.6 cm³/mol. The number of para-hydroxylation sites is 1. The molecule has 0 aliphatic carbocycles. The summed E-state index contributed by atoms with van der Waals surface area (Å²) in [5.41, 5.74) is 2.57. The maximum atomic E-state index is 5.95. The first-order valence-electron chi connectivity index (χ1n) is 7.77. The maximum absolute atomic E-state index is 5.95. The van der Waals surface area contributed by atoms with E-state index in [0.29, 0.717) is 0 Å². The summed E-state index contributed by atoms with van der Waals surface area (Å²) in [6.07, 6.45) is 0.937. The number of rotatable bonds is 7. The molecule has 0 aliphatic heterocycles. The van der Waals surface area contributed by atoms with Crippen molar-refractivity contribution in [2.45, 2.75) is 33.7 Å². The van der Waals surface area contributed by atoms with Gasteiger partial charge in [0.15, 0.2) is 0 Å². The van der Waals surface area contributed by atoms with Gasteiger partial charge in [-0.15, -0.1) is 0 Å². The summed E-state index contributed by atoms with van der Waals surface area (Å²) in [7, 11) is 4.25. The molecular formula is C18H28N2O. The van der Waals surface area contributed by atoms with Crippen molar-refractivity contribution in [1.82, 2.24) is 10.2 Å². The summed E-state index contributed by atoms with van der Waals surface area (Å²) in [5.74, 6) is 1.11. The molecule has 0 radical (unpaired) electrons. The Balaban J connectivity index is 2.06. The highest BCUT2D eigenvalue weighted by Crippen LogP contribution is 2.26. The van der Waals surface area contributed by atoms with Gasteiger partial charge in [-0.2, -0.15) is 0 Å². The van der Waals surface area contributed by atoms with Gasteiger partial charge in [-0.1, -0.05) is 39.0 Å². The first-order valence-corrected chi connectivity index (χ1v) is 7.77. The van der Waals surface area contributed by atoms with Gasteiger partial charge in [0.1, 0.15) is 11.3 Å². The zero-order valence-electron chi connectivity index (χ0n) is 14.0. The number of furan rings is 1. The molecule has 1 aromatic heterocycles. The van der Waals surface area contributed by atoms with E-state index in [1.54, 1.807) is 0 Å². The third kappa shape index (κ3) is 4.08. The average Bonchev–Trinajstić information content (AvgIpc) is 2.75. The lowest BCUT2D eigenvalue weighted by Gasteiger charge is -2.28. The number of hydrogen-bond donors (Lipinski definition) is 1. The van der Waals surface area contributed by atoms with E-state index in [0.717, 1.165) is 37.4 Å². The molecule has 1 aromatic carbocycles. The van der Waals surface area contributed by atoms with E-state index in [1.807, 2.05) is 12.1 Å². The average molecular weight is 288 g/mol. The molecule has 0 saturated heterocycles. The van der Waals surface area contributed by atoms with Crippen molar-refractivity contribution in [3.05, 3.63) is 35.6 Å². The molecule has 3 nitrogen and oxygen atoms in total. The summed E-state index contributed by atoms with van der Waals surface area (Å²) >= 11 is 0. The number of fused-ring (bicyclic) bond motifs is 1. The van der Waals surface area contributed by atoms with Crippen LogP contribution in [0.3, 0.4) is 0 Å². The highest BCUT2D eigenvalue weighted by atomic mass is 16.3. The minimum atomic E-state index is 0.259. The molecule has 1 N–H and O–H groups in total. The van der Waals surface area contributed by atoms with E-state index < -0.39 is 0 Å². The fourth-order valence-electron chi connectivity index (χ4n) is 3.07. The van der Waals surface area contributed by atoms with Crippen LogP contribution in [-0.4, -0.2) is 32.1 Å². The van der Waals surface area contributed by atoms with Crippen molar-refractivity contribution in [3.63, 3.8) is 0 Å². The Labute approximate surface area is 128 Å². The number of aryl methyl sites for hydroxylation is 1. The Kier molecular flexibility index (Phi) is 5.07. The van der Waals surface area contributed by atoms with Gasteiger partial charge in [0.05, 0.1) is 0 Å². The van der Waals surface area contributed by atoms with Crippen LogP contribution >= 0.6 is 0 Å². The van der Waals surface area contributed by atoms with Gasteiger partial charge >= 0.3 is 0 Å². The van der Waals surface area contributed by atoms with Crippen LogP contribution in [0.2, 0.25) is 0 Å². The van der Waals surface area contributed by atoms with Crippen molar-refractivity contribution in [2.24, 2.45) is 5.41 Å². The molecule has 0 bridgehead atoms. The molecule has 21 heavy (non-hydrogen) atoms. The van der Waals surface area contributed by atoms with Crippen LogP contribution in [0.4, 0.5) is 0 Å². The SMILES string of the molecule is CCc1oc2ccccc2c1CNCC(C)(C)CN(C)C. The molecule has 116 valence electrons. The molecule has 0 saturated carbocycles. The van der Waals surface area contributed by atoms with Crippen LogP contribution in [0.15, 0.2) is 28.7 Å². The van der Waals surface area contributed by atoms with E-state index in [2.05, 4.69) is 57.2 Å². The van der Waals surface area contributed by atoms with Crippen molar-refractivity contribution in [2.75, 3.05) is 27.2 Å². The van der Waals surface area contributed by atoms with Crippen LogP contribution in [-0.2, 0) is 13.0 Å². The standard InChI is InChI=1S/C18H28N2O/c1-6-16-15(14-9-7-8-10-17(14)21-16)11-19-12-18(2,3)13-20(4)5/h7-10,19H,6,11-13H2,1-5H3. The van der Waals surface area contributed by atoms with E-state index >= 15 is 0 Å². The van der Waals surface area contributed by atoms with Crippen molar-refractivity contribution >= 4 is 11.0 Å². The third-order valence-corrected chi connectivity index (χ3v) is 3.75. The predicted octanol–water partition coefficient (Wildman–Crippen LogP) is 3.67. The lowest BCUT2D eigenvalue weighted by atomic mass is 9.93. The maximum Gasteiger partial charge on any atom is 0.134 e. The summed E-state index contributed by atoms with van der Waals surface area (Å²) in [4.78, 5) is 2.24. The molecule has 0 atom stereocenters. The highest BCUT2D eigenvalue weighted by molar-refractivity contribution is 5.82. The minimum Gasteiger partial charge on any atom is -0.461 e. The Hall–Kier alpha value is -1.32. The molecular weight excluding hydrogens is 260 g/mol. The lowest BCUT2D eigenvalue weighted by Crippen LogP contribution is -2.37. The molecule has 0 spiro atoms. The normalized spacial score (nSPS) is 12.5. The zero-order chi connectivity index (χ0) is 15.5. The molecule has 0 amide bonds. The summed E-state index contributed by atoms with van der Waals surface area (Å²) in [6, 6.07) is 8.31. The van der Waals surface area contributed by atoms with Crippen LogP contribution in [0.5, 0.6) is 0 Å². The van der Waals surface area contributed by atoms with E-state index in [1.165, 1.54) is 10.9 Å². The Morgan fingerprint density at radius 3 is 2.57 bits per heavy atom. The molecule has 2 rings (SSSR count). The summed E-state index contributed by atoms with van der Waals surface area (Å²) in [5, 5.41) is 4.86. The number of nitrogens with one attached hydrogen (secondary N) is 1. The number of benzene rings is 1. The molecule has 2 aromatic rings. The second-order valence-corrected chi connectivity index (χ2v) is 6.86. The first kappa shape index (κ1) is 16.1. The van der Waals surface area contributed by atoms with Crippen molar-refractivity contribution < 1.29 is 4.42 Å². The second kappa shape index (κ2) is 6.63. The van der Waals surface area contributed by atoms with Crippen LogP contribution in [0.25, 0.3) is 11.0 Å². The third-order valence-electron chi connectivity index (χ3n) is 3.75. The van der Waals surface area contributed by atoms with Crippen LogP contribution in [0.1, 0.15) is 32.1 Å². The van der Waals surface area contributed by atoms with Crippen molar-refractivity contribution in [1.29, 1.82) is 0 Å². The van der Waals surface area contributed by atoms with Crippen LogP contribution < -0.4 is 5.32 Å². The molecule has 0 fully saturated rings. The monoisotopic (exact) mass is 288 g/mol. The van der Waals surface area contributed by atoms with Gasteiger partial charge in [-0.3, -0.25) is 0 Å². The van der Waals surface area contributed by atoms with Gasteiger partial charge in [0, 0.05) is 37.0 Å². The number of hydrogen-bond acceptors (Lipinski definition) is 3. The minimum absolute atomic E-state index is 0.259. The first-order chi connectivity index (χ1) is 9.93. The fourth-order valence-corrected chi connectivity index (χ4v) is 3.07. The smallest absolute Gasteiger partial charge is 0.134 e. The van der Waals surface area contributed by atoms with Crippen molar-refractivity contribution in [3.8, 4) is 0 Å². The summed E-state index contributed by atoms with van der Waals surface area (Å²) < 4.78 is 5.95. The lowest BCUT2D eigenvalue weighted by molar-refractivity contribution is 0.232. The quantitative estimate of drug-likeness (QED) is 0.842. The second-order valence-electron chi connectivity index (χ2n) is 6.86. The van der Waals surface area contributed by atoms with Gasteiger partial charge < -0.3 is 14.6 Å². The molecule has 0 aliphatic rings. The van der Waals surface area contributed by atoms with Gasteiger partial charge in [0.2, 0.25) is 0 Å². The fraction of sp³-hybridized carbons (Fsp3) is 0.556. The summed E-state index contributed by atoms with van der Waals surface area (Å²) in [6.45, 7) is 9.69. The van der Waals surface area contributed by atoms with Gasteiger partial charge in [-0.05, 0) is 25.6 Å².